The van der Waals surface area contributed by atoms with Gasteiger partial charge in [0.15, 0.2) is 0 Å². The Balaban J connectivity index is 2.81. The van der Waals surface area contributed by atoms with Gasteiger partial charge in [-0.15, -0.1) is 0 Å². The van der Waals surface area contributed by atoms with Gasteiger partial charge in [-0.3, -0.25) is 0 Å². The number of benzene rings is 1. The molecule has 14 heavy (non-hydrogen) atoms. The van der Waals surface area contributed by atoms with Crippen LogP contribution in [0.15, 0.2) is 24.3 Å². The highest BCUT2D eigenvalue weighted by Gasteiger charge is 2.15. The fraction of sp³-hybridized carbons (Fsp3) is 0.100. The minimum Gasteiger partial charge on any atom is -0.478 e. The summed E-state index contributed by atoms with van der Waals surface area (Å²) in [6.07, 6.45) is 0. The summed E-state index contributed by atoms with van der Waals surface area (Å²) in [7, 11) is 0. The largest absolute Gasteiger partial charge is 0.478 e. The average Bonchev–Trinajstić information content (AvgIpc) is 2.55. The standard InChI is InChI=1S/C10H9NO3/c12-5-8-9(10(13)14)6-3-1-2-4-7(6)11-8/h1-4,11-12H,5H2,(H,13,14). The Morgan fingerprint density at radius 2 is 2.07 bits per heavy atom. The van der Waals surface area contributed by atoms with Gasteiger partial charge in [0.1, 0.15) is 0 Å². The number of carboxylic acid groups (broad SMARTS) is 1. The number of aromatic nitrogens is 1. The van der Waals surface area contributed by atoms with Crippen LogP contribution < -0.4 is 0 Å². The number of hydrogen-bond acceptors (Lipinski definition) is 2. The lowest BCUT2D eigenvalue weighted by molar-refractivity contribution is 0.0695. The lowest BCUT2D eigenvalue weighted by Gasteiger charge is -1.94. The van der Waals surface area contributed by atoms with Gasteiger partial charge in [0.25, 0.3) is 0 Å². The van der Waals surface area contributed by atoms with Gasteiger partial charge >= 0.3 is 5.97 Å². The molecule has 4 heteroatoms. The van der Waals surface area contributed by atoms with E-state index in [-0.39, 0.29) is 12.2 Å². The summed E-state index contributed by atoms with van der Waals surface area (Å²) < 4.78 is 0. The van der Waals surface area contributed by atoms with Crippen molar-refractivity contribution >= 4 is 16.9 Å². The second-order valence-corrected chi connectivity index (χ2v) is 2.99. The van der Waals surface area contributed by atoms with E-state index >= 15 is 0 Å². The molecule has 0 radical (unpaired) electrons. The zero-order chi connectivity index (χ0) is 10.1. The second kappa shape index (κ2) is 3.16. The SMILES string of the molecule is O=C(O)c1c(CO)[nH]c2ccccc12. The van der Waals surface area contributed by atoms with Crippen LogP contribution in [0.3, 0.4) is 0 Å². The molecular formula is C10H9NO3. The molecule has 2 rings (SSSR count). The van der Waals surface area contributed by atoms with Gasteiger partial charge in [0.05, 0.1) is 17.9 Å². The van der Waals surface area contributed by atoms with Gasteiger partial charge < -0.3 is 15.2 Å². The highest BCUT2D eigenvalue weighted by molar-refractivity contribution is 6.04. The van der Waals surface area contributed by atoms with Gasteiger partial charge in [-0.2, -0.15) is 0 Å². The number of fused-ring (bicyclic) bond motifs is 1. The molecule has 0 saturated heterocycles. The number of aromatic amines is 1. The second-order valence-electron chi connectivity index (χ2n) is 2.99. The quantitative estimate of drug-likeness (QED) is 0.671. The molecule has 0 atom stereocenters. The van der Waals surface area contributed by atoms with Gasteiger partial charge in [0.2, 0.25) is 0 Å². The van der Waals surface area contributed by atoms with Crippen LogP contribution in [-0.4, -0.2) is 21.2 Å². The van der Waals surface area contributed by atoms with Crippen LogP contribution in [0.2, 0.25) is 0 Å². The number of hydrogen-bond donors (Lipinski definition) is 3. The van der Waals surface area contributed by atoms with E-state index in [2.05, 4.69) is 4.98 Å². The predicted octanol–water partition coefficient (Wildman–Crippen LogP) is 1.36. The summed E-state index contributed by atoms with van der Waals surface area (Å²) in [4.78, 5) is 13.8. The van der Waals surface area contributed by atoms with Crippen LogP contribution in [0.4, 0.5) is 0 Å². The van der Waals surface area contributed by atoms with Crippen LogP contribution in [-0.2, 0) is 6.61 Å². The maximum Gasteiger partial charge on any atom is 0.338 e. The molecule has 0 aliphatic carbocycles. The van der Waals surface area contributed by atoms with Crippen molar-refractivity contribution in [3.05, 3.63) is 35.5 Å². The predicted molar refractivity (Wildman–Crippen MR) is 51.2 cm³/mol. The third kappa shape index (κ3) is 1.16. The summed E-state index contributed by atoms with van der Waals surface area (Å²) in [5, 5.41) is 18.6. The summed E-state index contributed by atoms with van der Waals surface area (Å²) in [6.45, 7) is -0.295. The maximum atomic E-state index is 10.9. The lowest BCUT2D eigenvalue weighted by atomic mass is 10.1. The van der Waals surface area contributed by atoms with E-state index in [1.54, 1.807) is 18.2 Å². The van der Waals surface area contributed by atoms with E-state index in [9.17, 15) is 4.79 Å². The van der Waals surface area contributed by atoms with E-state index in [0.717, 1.165) is 5.52 Å². The minimum atomic E-state index is -1.02. The van der Waals surface area contributed by atoms with E-state index in [1.807, 2.05) is 6.07 Å². The zero-order valence-corrected chi connectivity index (χ0v) is 7.32. The van der Waals surface area contributed by atoms with Crippen molar-refractivity contribution in [1.29, 1.82) is 0 Å². The summed E-state index contributed by atoms with van der Waals surface area (Å²) in [5.41, 5.74) is 1.23. The van der Waals surface area contributed by atoms with Gasteiger partial charge in [-0.1, -0.05) is 18.2 Å². The van der Waals surface area contributed by atoms with Crippen LogP contribution in [0.5, 0.6) is 0 Å². The minimum absolute atomic E-state index is 0.156. The molecule has 1 aromatic heterocycles. The number of aliphatic hydroxyl groups excluding tert-OH is 1. The monoisotopic (exact) mass is 191 g/mol. The number of nitrogens with one attached hydrogen (secondary N) is 1. The molecule has 2 aromatic rings. The first-order valence-corrected chi connectivity index (χ1v) is 4.17. The fourth-order valence-electron chi connectivity index (χ4n) is 1.56. The molecule has 0 aliphatic heterocycles. The topological polar surface area (TPSA) is 73.3 Å². The zero-order valence-electron chi connectivity index (χ0n) is 7.32. The first-order chi connectivity index (χ1) is 6.74. The number of aromatic carboxylic acids is 1. The Morgan fingerprint density at radius 1 is 1.36 bits per heavy atom. The molecule has 0 aliphatic rings. The summed E-state index contributed by atoms with van der Waals surface area (Å²) in [5.74, 6) is -1.02. The van der Waals surface area contributed by atoms with E-state index < -0.39 is 5.97 Å². The summed E-state index contributed by atoms with van der Waals surface area (Å²) in [6, 6.07) is 7.07. The molecule has 0 saturated carbocycles. The Hall–Kier alpha value is -1.81. The Morgan fingerprint density at radius 3 is 2.71 bits per heavy atom. The van der Waals surface area contributed by atoms with Crippen molar-refractivity contribution in [1.82, 2.24) is 4.98 Å². The Kier molecular flexibility index (Phi) is 1.98. The third-order valence-electron chi connectivity index (χ3n) is 2.16. The van der Waals surface area contributed by atoms with Gasteiger partial charge in [-0.25, -0.2) is 4.79 Å². The first-order valence-electron chi connectivity index (χ1n) is 4.17. The molecule has 3 N–H and O–H groups in total. The molecule has 1 heterocycles. The van der Waals surface area contributed by atoms with Gasteiger partial charge in [0, 0.05) is 10.9 Å². The number of rotatable bonds is 2. The molecule has 1 aromatic carbocycles. The fourth-order valence-corrected chi connectivity index (χ4v) is 1.56. The van der Waals surface area contributed by atoms with Crippen LogP contribution in [0, 0.1) is 0 Å². The third-order valence-corrected chi connectivity index (χ3v) is 2.16. The normalized spacial score (nSPS) is 10.6. The average molecular weight is 191 g/mol. The number of H-pyrrole nitrogens is 1. The number of carbonyl (C=O) groups is 1. The Labute approximate surface area is 79.8 Å². The smallest absolute Gasteiger partial charge is 0.338 e. The van der Waals surface area contributed by atoms with Gasteiger partial charge in [-0.05, 0) is 6.07 Å². The molecule has 72 valence electrons. The van der Waals surface area contributed by atoms with Crippen molar-refractivity contribution in [3.63, 3.8) is 0 Å². The van der Waals surface area contributed by atoms with Crippen LogP contribution >= 0.6 is 0 Å². The van der Waals surface area contributed by atoms with E-state index in [4.69, 9.17) is 10.2 Å². The Bertz CT molecular complexity index is 487. The van der Waals surface area contributed by atoms with Crippen LogP contribution in [0.1, 0.15) is 16.1 Å². The maximum absolute atomic E-state index is 10.9. The van der Waals surface area contributed by atoms with E-state index in [0.29, 0.717) is 11.1 Å². The van der Waals surface area contributed by atoms with Crippen LogP contribution in [0.25, 0.3) is 10.9 Å². The molecule has 0 amide bonds. The molecule has 0 fully saturated rings. The van der Waals surface area contributed by atoms with E-state index in [1.165, 1.54) is 0 Å². The van der Waals surface area contributed by atoms with Crippen molar-refractivity contribution in [2.75, 3.05) is 0 Å². The molecule has 0 spiro atoms. The number of para-hydroxylation sites is 1. The molecular weight excluding hydrogens is 182 g/mol. The summed E-state index contributed by atoms with van der Waals surface area (Å²) >= 11 is 0. The number of carboxylic acids is 1. The molecule has 0 unspecified atom stereocenters. The molecule has 0 bridgehead atoms. The van der Waals surface area contributed by atoms with Crippen molar-refractivity contribution < 1.29 is 15.0 Å². The number of aliphatic hydroxyl groups is 1. The van der Waals surface area contributed by atoms with Crippen molar-refractivity contribution in [2.45, 2.75) is 6.61 Å². The van der Waals surface area contributed by atoms with Crippen molar-refractivity contribution in [2.24, 2.45) is 0 Å². The first kappa shape index (κ1) is 8.77. The highest BCUT2D eigenvalue weighted by Crippen LogP contribution is 2.22. The molecule has 4 nitrogen and oxygen atoms in total. The lowest BCUT2D eigenvalue weighted by Crippen LogP contribution is -2.00. The highest BCUT2D eigenvalue weighted by atomic mass is 16.4. The van der Waals surface area contributed by atoms with Crippen molar-refractivity contribution in [3.8, 4) is 0 Å².